The van der Waals surface area contributed by atoms with Gasteiger partial charge >= 0.3 is 0 Å². The molecule has 5 aromatic heterocycles. The van der Waals surface area contributed by atoms with Gasteiger partial charge in [-0.15, -0.1) is 0 Å². The van der Waals surface area contributed by atoms with Crippen LogP contribution in [0, 0.1) is 0 Å². The van der Waals surface area contributed by atoms with Crippen LogP contribution in [0.1, 0.15) is 25.0 Å². The highest BCUT2D eigenvalue weighted by molar-refractivity contribution is 6.20. The summed E-state index contributed by atoms with van der Waals surface area (Å²) in [6.45, 7) is 4.62. The minimum absolute atomic E-state index is 0.188. The van der Waals surface area contributed by atoms with Crippen molar-refractivity contribution in [2.75, 3.05) is 0 Å². The number of hydrogen-bond acceptors (Lipinski definition) is 3. The Balaban J connectivity index is 1.04. The largest absolute Gasteiger partial charge is 0.457 e. The summed E-state index contributed by atoms with van der Waals surface area (Å²) in [5.74, 6) is 1.54. The molecule has 11 aromatic rings. The fourth-order valence-corrected chi connectivity index (χ4v) is 9.18. The van der Waals surface area contributed by atoms with Gasteiger partial charge in [0, 0.05) is 68.1 Å². The summed E-state index contributed by atoms with van der Waals surface area (Å²) in [5.41, 5.74) is 11.2. The van der Waals surface area contributed by atoms with Crippen LogP contribution < -0.4 is 4.74 Å². The van der Waals surface area contributed by atoms with Crippen molar-refractivity contribution < 1.29 is 4.74 Å². The molecule has 0 atom stereocenters. The minimum Gasteiger partial charge on any atom is -0.457 e. The van der Waals surface area contributed by atoms with Crippen LogP contribution in [0.25, 0.3) is 82.4 Å². The topological polar surface area (TPSA) is 49.3 Å². The maximum Gasteiger partial charge on any atom is 0.145 e. The summed E-state index contributed by atoms with van der Waals surface area (Å²) < 4.78 is 13.6. The molecule has 6 heterocycles. The van der Waals surface area contributed by atoms with Crippen LogP contribution in [0.3, 0.4) is 0 Å². The van der Waals surface area contributed by atoms with Crippen LogP contribution in [-0.4, -0.2) is 23.5 Å². The Labute approximate surface area is 303 Å². The van der Waals surface area contributed by atoms with Gasteiger partial charge in [-0.25, -0.2) is 9.97 Å². The van der Waals surface area contributed by atoms with E-state index < -0.39 is 0 Å². The summed E-state index contributed by atoms with van der Waals surface area (Å²) in [6, 6.07) is 47.7. The highest BCUT2D eigenvalue weighted by Gasteiger charge is 2.35. The lowest BCUT2D eigenvalue weighted by atomic mass is 9.74. The monoisotopic (exact) mass is 681 g/mol. The predicted octanol–water partition coefficient (Wildman–Crippen LogP) is 11.7. The molecule has 0 fully saturated rings. The molecule has 0 spiro atoms. The van der Waals surface area contributed by atoms with Crippen LogP contribution in [0.5, 0.6) is 11.5 Å². The standard InChI is InChI=1S/C47H31N5O/c1-47(2)38-20-18-30(25-43(38)52-44-33(13-8-15-39(44)47)34-14-9-21-48-46(34)52)53-29-17-19-31-35-26-36-32-12-6-7-16-40(32)51(28-10-4-3-5-11-28)42(36)27-41(35)50-23-22-49-45(50)37(31)24-29/h3-27H,1-2H3. The van der Waals surface area contributed by atoms with Crippen molar-refractivity contribution in [3.05, 3.63) is 163 Å². The normalized spacial score (nSPS) is 13.6. The predicted molar refractivity (Wildman–Crippen MR) is 215 cm³/mol. The number of hydrogen-bond donors (Lipinski definition) is 0. The van der Waals surface area contributed by atoms with Gasteiger partial charge < -0.3 is 9.30 Å². The maximum absolute atomic E-state index is 6.74. The van der Waals surface area contributed by atoms with E-state index in [-0.39, 0.29) is 5.41 Å². The molecule has 0 saturated heterocycles. The van der Waals surface area contributed by atoms with E-state index in [0.29, 0.717) is 0 Å². The number of aromatic nitrogens is 5. The lowest BCUT2D eigenvalue weighted by Gasteiger charge is -2.34. The van der Waals surface area contributed by atoms with E-state index in [9.17, 15) is 0 Å². The van der Waals surface area contributed by atoms with E-state index in [1.165, 1.54) is 49.2 Å². The third-order valence-corrected chi connectivity index (χ3v) is 11.6. The first kappa shape index (κ1) is 28.7. The number of imidazole rings is 1. The number of rotatable bonds is 3. The van der Waals surface area contributed by atoms with Crippen molar-refractivity contribution in [2.45, 2.75) is 19.3 Å². The van der Waals surface area contributed by atoms with E-state index in [1.807, 2.05) is 18.5 Å². The van der Waals surface area contributed by atoms with Gasteiger partial charge in [-0.2, -0.15) is 0 Å². The third kappa shape index (κ3) is 3.76. The van der Waals surface area contributed by atoms with E-state index in [4.69, 9.17) is 14.7 Å². The Hall–Kier alpha value is -6.92. The van der Waals surface area contributed by atoms with Crippen molar-refractivity contribution >= 4 is 71.1 Å². The van der Waals surface area contributed by atoms with Gasteiger partial charge in [0.25, 0.3) is 0 Å². The number of pyridine rings is 2. The fraction of sp³-hybridized carbons (Fsp3) is 0.0638. The number of fused-ring (bicyclic) bond motifs is 14. The summed E-state index contributed by atoms with van der Waals surface area (Å²) in [6.07, 6.45) is 5.83. The van der Waals surface area contributed by atoms with Crippen molar-refractivity contribution in [2.24, 2.45) is 0 Å². The molecule has 6 heteroatoms. The van der Waals surface area contributed by atoms with Gasteiger partial charge in [-0.05, 0) is 83.2 Å². The molecule has 0 unspecified atom stereocenters. The Bertz CT molecular complexity index is 3350. The molecular formula is C47H31N5O. The molecule has 0 radical (unpaired) electrons. The number of nitrogens with zero attached hydrogens (tertiary/aromatic N) is 5. The summed E-state index contributed by atoms with van der Waals surface area (Å²) in [4.78, 5) is 9.75. The van der Waals surface area contributed by atoms with E-state index in [1.54, 1.807) is 0 Å². The van der Waals surface area contributed by atoms with Gasteiger partial charge in [0.2, 0.25) is 0 Å². The Morgan fingerprint density at radius 3 is 2.19 bits per heavy atom. The molecule has 0 N–H and O–H groups in total. The molecule has 0 aliphatic carbocycles. The molecule has 6 aromatic carbocycles. The average Bonchev–Trinajstić information content (AvgIpc) is 3.90. The van der Waals surface area contributed by atoms with E-state index >= 15 is 0 Å². The quantitative estimate of drug-likeness (QED) is 0.174. The molecule has 250 valence electrons. The molecular weight excluding hydrogens is 651 g/mol. The Morgan fingerprint density at radius 1 is 0.491 bits per heavy atom. The highest BCUT2D eigenvalue weighted by atomic mass is 16.5. The van der Waals surface area contributed by atoms with Crippen molar-refractivity contribution in [1.82, 2.24) is 23.5 Å². The van der Waals surface area contributed by atoms with Crippen molar-refractivity contribution in [3.8, 4) is 22.9 Å². The average molecular weight is 682 g/mol. The second-order valence-corrected chi connectivity index (χ2v) is 14.7. The molecule has 1 aliphatic rings. The van der Waals surface area contributed by atoms with Gasteiger partial charge in [-0.3, -0.25) is 8.97 Å². The lowest BCUT2D eigenvalue weighted by molar-refractivity contribution is 0.482. The summed E-state index contributed by atoms with van der Waals surface area (Å²) >= 11 is 0. The number of ether oxygens (including phenoxy) is 1. The van der Waals surface area contributed by atoms with Gasteiger partial charge in [-0.1, -0.05) is 74.5 Å². The van der Waals surface area contributed by atoms with Crippen LogP contribution >= 0.6 is 0 Å². The van der Waals surface area contributed by atoms with Crippen molar-refractivity contribution in [1.29, 1.82) is 0 Å². The maximum atomic E-state index is 6.74. The number of benzene rings is 6. The molecule has 0 bridgehead atoms. The molecule has 0 amide bonds. The second-order valence-electron chi connectivity index (χ2n) is 14.7. The van der Waals surface area contributed by atoms with Gasteiger partial charge in [0.1, 0.15) is 22.8 Å². The molecule has 12 rings (SSSR count). The first-order valence-electron chi connectivity index (χ1n) is 18.1. The summed E-state index contributed by atoms with van der Waals surface area (Å²) in [7, 11) is 0. The fourth-order valence-electron chi connectivity index (χ4n) is 9.18. The zero-order chi connectivity index (χ0) is 35.0. The SMILES string of the molecule is CC1(C)c2ccc(Oc3ccc4c5cc6c7ccccc7n(-c7ccccc7)c6cc5n5ccnc5c4c3)cc2-n2c3ncccc3c3cccc1c32. The second kappa shape index (κ2) is 10.1. The van der Waals surface area contributed by atoms with Gasteiger partial charge in [0.15, 0.2) is 0 Å². The van der Waals surface area contributed by atoms with Crippen LogP contribution in [0.2, 0.25) is 0 Å². The Kier molecular flexibility index (Phi) is 5.48. The third-order valence-electron chi connectivity index (χ3n) is 11.6. The lowest BCUT2D eigenvalue weighted by Crippen LogP contribution is -2.26. The Morgan fingerprint density at radius 2 is 1.26 bits per heavy atom. The zero-order valence-electron chi connectivity index (χ0n) is 29.1. The highest BCUT2D eigenvalue weighted by Crippen LogP contribution is 2.48. The summed E-state index contributed by atoms with van der Waals surface area (Å²) in [5, 5.41) is 8.19. The molecule has 1 aliphatic heterocycles. The smallest absolute Gasteiger partial charge is 0.145 e. The van der Waals surface area contributed by atoms with E-state index in [0.717, 1.165) is 55.8 Å². The van der Waals surface area contributed by atoms with Crippen LogP contribution in [0.15, 0.2) is 152 Å². The molecule has 53 heavy (non-hydrogen) atoms. The minimum atomic E-state index is -0.188. The zero-order valence-corrected chi connectivity index (χ0v) is 29.1. The van der Waals surface area contributed by atoms with Gasteiger partial charge in [0.05, 0.1) is 27.8 Å². The first-order valence-corrected chi connectivity index (χ1v) is 18.1. The first-order chi connectivity index (χ1) is 26.0. The van der Waals surface area contributed by atoms with Crippen LogP contribution in [0.4, 0.5) is 0 Å². The van der Waals surface area contributed by atoms with E-state index in [2.05, 4.69) is 161 Å². The van der Waals surface area contributed by atoms with Crippen LogP contribution in [-0.2, 0) is 5.41 Å². The number of para-hydroxylation sites is 3. The molecule has 6 nitrogen and oxygen atoms in total. The van der Waals surface area contributed by atoms with Crippen molar-refractivity contribution in [3.63, 3.8) is 0 Å². The molecule has 0 saturated carbocycles.